The molecule has 0 saturated heterocycles. The van der Waals surface area contributed by atoms with Gasteiger partial charge in [-0.05, 0) is 24.6 Å². The Morgan fingerprint density at radius 2 is 2.14 bits per heavy atom. The molecule has 0 aliphatic carbocycles. The molecule has 0 aliphatic rings. The second-order valence-electron chi connectivity index (χ2n) is 4.85. The van der Waals surface area contributed by atoms with Crippen molar-refractivity contribution in [3.05, 3.63) is 35.3 Å². The highest BCUT2D eigenvalue weighted by atomic mass is 19.1. The predicted octanol–water partition coefficient (Wildman–Crippen LogP) is 2.81. The molecule has 5 nitrogen and oxygen atoms in total. The van der Waals surface area contributed by atoms with Crippen LogP contribution in [0.25, 0.3) is 10.9 Å². The smallest absolute Gasteiger partial charge is 0.352 e. The van der Waals surface area contributed by atoms with Gasteiger partial charge in [-0.1, -0.05) is 13.3 Å². The average Bonchev–Trinajstić information content (AvgIpc) is 2.81. The van der Waals surface area contributed by atoms with Gasteiger partial charge in [0.1, 0.15) is 11.5 Å². The molecule has 1 heterocycles. The monoisotopic (exact) mass is 292 g/mol. The molecule has 21 heavy (non-hydrogen) atoms. The Morgan fingerprint density at radius 3 is 2.81 bits per heavy atom. The first kappa shape index (κ1) is 15.0. The van der Waals surface area contributed by atoms with E-state index in [-0.39, 0.29) is 18.1 Å². The summed E-state index contributed by atoms with van der Waals surface area (Å²) >= 11 is 0. The summed E-state index contributed by atoms with van der Waals surface area (Å²) in [5.41, 5.74) is 0.903. The van der Waals surface area contributed by atoms with Crippen LogP contribution in [0.1, 0.15) is 42.2 Å². The molecule has 112 valence electrons. The first-order chi connectivity index (χ1) is 10.0. The normalized spacial score (nSPS) is 10.8. The van der Waals surface area contributed by atoms with Gasteiger partial charge in [0.15, 0.2) is 0 Å². The number of carboxylic acids is 1. The van der Waals surface area contributed by atoms with Crippen LogP contribution in [0, 0.1) is 5.82 Å². The van der Waals surface area contributed by atoms with E-state index in [2.05, 4.69) is 10.3 Å². The highest BCUT2D eigenvalue weighted by molar-refractivity contribution is 5.97. The number of carboxylic acid groups (broad SMARTS) is 1. The predicted molar refractivity (Wildman–Crippen MR) is 76.6 cm³/mol. The van der Waals surface area contributed by atoms with Gasteiger partial charge in [-0.2, -0.15) is 0 Å². The standard InChI is InChI=1S/C15H17FN2O3/c1-2-3-4-13(19)17-8-11-10-7-9(16)5-6-12(10)18-14(11)15(20)21/h5-7,18H,2-4,8H2,1H3,(H,17,19)(H,20,21). The zero-order valence-corrected chi connectivity index (χ0v) is 11.7. The number of amides is 1. The number of carbonyl (C=O) groups excluding carboxylic acids is 1. The number of aromatic amines is 1. The maximum Gasteiger partial charge on any atom is 0.352 e. The van der Waals surface area contributed by atoms with E-state index >= 15 is 0 Å². The van der Waals surface area contributed by atoms with E-state index in [1.165, 1.54) is 18.2 Å². The molecule has 0 spiro atoms. The number of nitrogens with one attached hydrogen (secondary N) is 2. The van der Waals surface area contributed by atoms with Crippen LogP contribution in [0.15, 0.2) is 18.2 Å². The highest BCUT2D eigenvalue weighted by Gasteiger charge is 2.17. The Kier molecular flexibility index (Phi) is 4.57. The molecular formula is C15H17FN2O3. The Bertz CT molecular complexity index is 679. The first-order valence-corrected chi connectivity index (χ1v) is 6.83. The van der Waals surface area contributed by atoms with Gasteiger partial charge in [-0.3, -0.25) is 4.79 Å². The molecule has 0 atom stereocenters. The van der Waals surface area contributed by atoms with Gasteiger partial charge in [-0.25, -0.2) is 9.18 Å². The van der Waals surface area contributed by atoms with Crippen molar-refractivity contribution in [2.75, 3.05) is 0 Å². The lowest BCUT2D eigenvalue weighted by molar-refractivity contribution is -0.121. The molecule has 6 heteroatoms. The van der Waals surface area contributed by atoms with E-state index in [4.69, 9.17) is 0 Å². The van der Waals surface area contributed by atoms with Crippen molar-refractivity contribution in [1.82, 2.24) is 10.3 Å². The molecule has 2 rings (SSSR count). The lowest BCUT2D eigenvalue weighted by Gasteiger charge is -2.05. The van der Waals surface area contributed by atoms with Crippen LogP contribution in [-0.4, -0.2) is 22.0 Å². The Balaban J connectivity index is 2.28. The van der Waals surface area contributed by atoms with Crippen LogP contribution in [0.3, 0.4) is 0 Å². The summed E-state index contributed by atoms with van der Waals surface area (Å²) in [5, 5.41) is 12.4. The second-order valence-corrected chi connectivity index (χ2v) is 4.85. The average molecular weight is 292 g/mol. The number of aromatic nitrogens is 1. The summed E-state index contributed by atoms with van der Waals surface area (Å²) in [7, 11) is 0. The van der Waals surface area contributed by atoms with Crippen molar-refractivity contribution in [1.29, 1.82) is 0 Å². The maximum atomic E-state index is 13.3. The van der Waals surface area contributed by atoms with Gasteiger partial charge in [0.05, 0.1) is 0 Å². The van der Waals surface area contributed by atoms with Crippen molar-refractivity contribution >= 4 is 22.8 Å². The highest BCUT2D eigenvalue weighted by Crippen LogP contribution is 2.23. The SMILES string of the molecule is CCCCC(=O)NCc1c(C(=O)O)[nH]c2ccc(F)cc12. The van der Waals surface area contributed by atoms with Crippen LogP contribution < -0.4 is 5.32 Å². The summed E-state index contributed by atoms with van der Waals surface area (Å²) in [6, 6.07) is 4.01. The number of benzene rings is 1. The zero-order valence-electron chi connectivity index (χ0n) is 11.7. The van der Waals surface area contributed by atoms with Crippen LogP contribution in [0.5, 0.6) is 0 Å². The van der Waals surface area contributed by atoms with Gasteiger partial charge < -0.3 is 15.4 Å². The van der Waals surface area contributed by atoms with E-state index in [1.807, 2.05) is 6.92 Å². The molecule has 0 radical (unpaired) electrons. The first-order valence-electron chi connectivity index (χ1n) is 6.83. The number of halogens is 1. The van der Waals surface area contributed by atoms with E-state index in [1.54, 1.807) is 0 Å². The van der Waals surface area contributed by atoms with Crippen LogP contribution in [0.2, 0.25) is 0 Å². The number of unbranched alkanes of at least 4 members (excludes halogenated alkanes) is 1. The Morgan fingerprint density at radius 1 is 1.38 bits per heavy atom. The van der Waals surface area contributed by atoms with Crippen molar-refractivity contribution in [3.63, 3.8) is 0 Å². The number of aromatic carboxylic acids is 1. The second kappa shape index (κ2) is 6.39. The molecule has 2 aromatic rings. The number of hydrogen-bond acceptors (Lipinski definition) is 2. The van der Waals surface area contributed by atoms with E-state index in [0.29, 0.717) is 22.9 Å². The fourth-order valence-electron chi connectivity index (χ4n) is 2.20. The Labute approximate surface area is 121 Å². The number of rotatable bonds is 6. The largest absolute Gasteiger partial charge is 0.477 e. The number of fused-ring (bicyclic) bond motifs is 1. The summed E-state index contributed by atoms with van der Waals surface area (Å²) < 4.78 is 13.3. The van der Waals surface area contributed by atoms with Crippen molar-refractivity contribution < 1.29 is 19.1 Å². The molecule has 0 saturated carbocycles. The topological polar surface area (TPSA) is 82.2 Å². The summed E-state index contributed by atoms with van der Waals surface area (Å²) in [6.07, 6.45) is 2.09. The molecule has 1 aromatic carbocycles. The van der Waals surface area contributed by atoms with Crippen molar-refractivity contribution in [2.24, 2.45) is 0 Å². The maximum absolute atomic E-state index is 13.3. The molecule has 1 amide bonds. The van der Waals surface area contributed by atoms with Crippen molar-refractivity contribution in [2.45, 2.75) is 32.7 Å². The summed E-state index contributed by atoms with van der Waals surface area (Å²) in [4.78, 5) is 25.6. The summed E-state index contributed by atoms with van der Waals surface area (Å²) in [5.74, 6) is -1.72. The van der Waals surface area contributed by atoms with Crippen LogP contribution >= 0.6 is 0 Å². The molecule has 1 aromatic heterocycles. The molecule has 0 bridgehead atoms. The lowest BCUT2D eigenvalue weighted by Crippen LogP contribution is -2.23. The van der Waals surface area contributed by atoms with Gasteiger partial charge in [0.25, 0.3) is 0 Å². The van der Waals surface area contributed by atoms with Crippen molar-refractivity contribution in [3.8, 4) is 0 Å². The molecule has 0 fully saturated rings. The number of carbonyl (C=O) groups is 2. The number of H-pyrrole nitrogens is 1. The zero-order chi connectivity index (χ0) is 15.4. The third-order valence-corrected chi connectivity index (χ3v) is 3.30. The molecule has 3 N–H and O–H groups in total. The minimum atomic E-state index is -1.13. The number of hydrogen-bond donors (Lipinski definition) is 3. The third-order valence-electron chi connectivity index (χ3n) is 3.30. The van der Waals surface area contributed by atoms with E-state index < -0.39 is 11.8 Å². The molecule has 0 unspecified atom stereocenters. The van der Waals surface area contributed by atoms with Gasteiger partial charge in [0, 0.05) is 29.4 Å². The molecule has 0 aliphatic heterocycles. The fraction of sp³-hybridized carbons (Fsp3) is 0.333. The minimum Gasteiger partial charge on any atom is -0.477 e. The van der Waals surface area contributed by atoms with Gasteiger partial charge in [0.2, 0.25) is 5.91 Å². The third kappa shape index (κ3) is 3.39. The van der Waals surface area contributed by atoms with Gasteiger partial charge >= 0.3 is 5.97 Å². The minimum absolute atomic E-state index is 0.0219. The summed E-state index contributed by atoms with van der Waals surface area (Å²) in [6.45, 7) is 2.05. The quantitative estimate of drug-likeness (QED) is 0.765. The lowest BCUT2D eigenvalue weighted by atomic mass is 10.1. The fourth-order valence-corrected chi connectivity index (χ4v) is 2.20. The van der Waals surface area contributed by atoms with E-state index in [0.717, 1.165) is 12.8 Å². The van der Waals surface area contributed by atoms with E-state index in [9.17, 15) is 19.1 Å². The Hall–Kier alpha value is -2.37. The van der Waals surface area contributed by atoms with Crippen LogP contribution in [-0.2, 0) is 11.3 Å². The van der Waals surface area contributed by atoms with Crippen LogP contribution in [0.4, 0.5) is 4.39 Å². The van der Waals surface area contributed by atoms with Gasteiger partial charge in [-0.15, -0.1) is 0 Å². The molecular weight excluding hydrogens is 275 g/mol.